The van der Waals surface area contributed by atoms with Gasteiger partial charge in [0.15, 0.2) is 0 Å². The van der Waals surface area contributed by atoms with Crippen LogP contribution in [0.15, 0.2) is 6.33 Å². The molecule has 1 aromatic rings. The van der Waals surface area contributed by atoms with Gasteiger partial charge in [-0.25, -0.2) is 9.97 Å². The van der Waals surface area contributed by atoms with E-state index in [-0.39, 0.29) is 0 Å². The Kier molecular flexibility index (Phi) is 6.23. The number of hydrogen-bond acceptors (Lipinski definition) is 5. The van der Waals surface area contributed by atoms with Gasteiger partial charge in [0.25, 0.3) is 0 Å². The predicted octanol–water partition coefficient (Wildman–Crippen LogP) is 2.90. The molecule has 21 heavy (non-hydrogen) atoms. The molecule has 1 aliphatic heterocycles. The van der Waals surface area contributed by atoms with E-state index in [1.165, 1.54) is 32.4 Å². The van der Waals surface area contributed by atoms with Crippen molar-refractivity contribution in [1.29, 1.82) is 0 Å². The van der Waals surface area contributed by atoms with Crippen molar-refractivity contribution in [2.75, 3.05) is 38.1 Å². The smallest absolute Gasteiger partial charge is 0.222 e. The van der Waals surface area contributed by atoms with Crippen LogP contribution in [-0.4, -0.2) is 47.7 Å². The van der Waals surface area contributed by atoms with Crippen molar-refractivity contribution in [3.63, 3.8) is 0 Å². The maximum atomic E-state index is 5.96. The summed E-state index contributed by atoms with van der Waals surface area (Å²) >= 11 is 0. The molecule has 0 unspecified atom stereocenters. The average molecular weight is 292 g/mol. The third kappa shape index (κ3) is 4.56. The summed E-state index contributed by atoms with van der Waals surface area (Å²) in [5.74, 6) is 1.97. The molecule has 1 saturated heterocycles. The summed E-state index contributed by atoms with van der Waals surface area (Å²) in [5.41, 5.74) is 1.08. The number of piperidine rings is 1. The fraction of sp³-hybridized carbons (Fsp3) is 0.750. The van der Waals surface area contributed by atoms with Crippen LogP contribution in [0.3, 0.4) is 0 Å². The van der Waals surface area contributed by atoms with E-state index in [1.807, 2.05) is 0 Å². The highest BCUT2D eigenvalue weighted by Gasteiger charge is 2.16. The van der Waals surface area contributed by atoms with Crippen molar-refractivity contribution in [1.82, 2.24) is 14.9 Å². The van der Waals surface area contributed by atoms with E-state index in [9.17, 15) is 0 Å². The fourth-order valence-electron chi connectivity index (χ4n) is 2.78. The average Bonchev–Trinajstić information content (AvgIpc) is 2.48. The highest BCUT2D eigenvalue weighted by molar-refractivity contribution is 5.50. The Balaban J connectivity index is 1.96. The van der Waals surface area contributed by atoms with E-state index >= 15 is 0 Å². The summed E-state index contributed by atoms with van der Waals surface area (Å²) in [6, 6.07) is 0. The minimum Gasteiger partial charge on any atom is -0.476 e. The quantitative estimate of drug-likeness (QED) is 0.837. The van der Waals surface area contributed by atoms with Gasteiger partial charge in [0.1, 0.15) is 18.8 Å². The maximum absolute atomic E-state index is 5.96. The summed E-state index contributed by atoms with van der Waals surface area (Å²) in [5, 5.41) is 3.30. The van der Waals surface area contributed by atoms with Gasteiger partial charge >= 0.3 is 0 Å². The Morgan fingerprint density at radius 1 is 1.24 bits per heavy atom. The number of hydrogen-bond donors (Lipinski definition) is 1. The Morgan fingerprint density at radius 2 is 2.00 bits per heavy atom. The van der Waals surface area contributed by atoms with E-state index in [0.717, 1.165) is 30.4 Å². The third-order valence-corrected chi connectivity index (χ3v) is 3.86. The molecule has 0 aromatic carbocycles. The SMILES string of the molecule is CCNc1ncnc(OCCN2CCCCC2)c1C(C)C. The van der Waals surface area contributed by atoms with E-state index in [1.54, 1.807) is 6.33 Å². The molecule has 1 fully saturated rings. The summed E-state index contributed by atoms with van der Waals surface area (Å²) < 4.78 is 5.96. The standard InChI is InChI=1S/C16H28N4O/c1-4-17-15-14(13(2)3)16(19-12-18-15)21-11-10-20-8-6-5-7-9-20/h12-13H,4-11H2,1-3H3,(H,17,18,19). The van der Waals surface area contributed by atoms with Gasteiger partial charge in [0.05, 0.1) is 5.56 Å². The van der Waals surface area contributed by atoms with Gasteiger partial charge in [0.2, 0.25) is 5.88 Å². The van der Waals surface area contributed by atoms with E-state index in [4.69, 9.17) is 4.74 Å². The van der Waals surface area contributed by atoms with Crippen molar-refractivity contribution in [2.45, 2.75) is 46.0 Å². The molecule has 1 aliphatic rings. The van der Waals surface area contributed by atoms with Gasteiger partial charge in [-0.1, -0.05) is 20.3 Å². The number of likely N-dealkylation sites (tertiary alicyclic amines) is 1. The molecule has 2 rings (SSSR count). The van der Waals surface area contributed by atoms with Gasteiger partial charge in [-0.3, -0.25) is 4.90 Å². The second kappa shape index (κ2) is 8.17. The van der Waals surface area contributed by atoms with Gasteiger partial charge in [-0.2, -0.15) is 0 Å². The molecule has 1 aromatic heterocycles. The number of nitrogens with one attached hydrogen (secondary N) is 1. The van der Waals surface area contributed by atoms with E-state index in [2.05, 4.69) is 41.0 Å². The van der Waals surface area contributed by atoms with Crippen LogP contribution in [0.25, 0.3) is 0 Å². The molecule has 0 bridgehead atoms. The zero-order chi connectivity index (χ0) is 15.1. The van der Waals surface area contributed by atoms with Crippen molar-refractivity contribution < 1.29 is 4.74 Å². The van der Waals surface area contributed by atoms with Crippen LogP contribution in [0.2, 0.25) is 0 Å². The number of ether oxygens (including phenoxy) is 1. The first-order valence-corrected chi connectivity index (χ1v) is 8.16. The van der Waals surface area contributed by atoms with Crippen molar-refractivity contribution in [3.8, 4) is 5.88 Å². The van der Waals surface area contributed by atoms with Gasteiger partial charge in [-0.15, -0.1) is 0 Å². The summed E-state index contributed by atoms with van der Waals surface area (Å²) in [7, 11) is 0. The number of aromatic nitrogens is 2. The van der Waals surface area contributed by atoms with Gasteiger partial charge < -0.3 is 10.1 Å². The third-order valence-electron chi connectivity index (χ3n) is 3.86. The molecule has 2 heterocycles. The van der Waals surface area contributed by atoms with Crippen molar-refractivity contribution >= 4 is 5.82 Å². The van der Waals surface area contributed by atoms with Crippen molar-refractivity contribution in [2.24, 2.45) is 0 Å². The Bertz CT molecular complexity index is 430. The second-order valence-corrected chi connectivity index (χ2v) is 5.88. The highest BCUT2D eigenvalue weighted by atomic mass is 16.5. The molecule has 0 amide bonds. The molecule has 5 heteroatoms. The minimum absolute atomic E-state index is 0.338. The molecular weight excluding hydrogens is 264 g/mol. The maximum Gasteiger partial charge on any atom is 0.222 e. The number of anilines is 1. The lowest BCUT2D eigenvalue weighted by molar-refractivity contribution is 0.179. The lowest BCUT2D eigenvalue weighted by Gasteiger charge is -2.26. The van der Waals surface area contributed by atoms with Gasteiger partial charge in [-0.05, 0) is 38.8 Å². The molecule has 5 nitrogen and oxygen atoms in total. The van der Waals surface area contributed by atoms with Crippen LogP contribution in [-0.2, 0) is 0 Å². The zero-order valence-electron chi connectivity index (χ0n) is 13.6. The zero-order valence-corrected chi connectivity index (χ0v) is 13.6. The van der Waals surface area contributed by atoms with Gasteiger partial charge in [0, 0.05) is 13.1 Å². The van der Waals surface area contributed by atoms with Crippen LogP contribution in [0, 0.1) is 0 Å². The van der Waals surface area contributed by atoms with Crippen LogP contribution >= 0.6 is 0 Å². The number of nitrogens with zero attached hydrogens (tertiary/aromatic N) is 3. The largest absolute Gasteiger partial charge is 0.476 e. The van der Waals surface area contributed by atoms with Crippen LogP contribution in [0.4, 0.5) is 5.82 Å². The van der Waals surface area contributed by atoms with Crippen LogP contribution in [0.1, 0.15) is 51.5 Å². The van der Waals surface area contributed by atoms with Crippen molar-refractivity contribution in [3.05, 3.63) is 11.9 Å². The molecule has 0 saturated carbocycles. The Labute approximate surface area is 128 Å². The predicted molar refractivity (Wildman–Crippen MR) is 86.1 cm³/mol. The number of rotatable bonds is 7. The first-order valence-electron chi connectivity index (χ1n) is 8.16. The molecule has 0 atom stereocenters. The molecular formula is C16H28N4O. The first-order chi connectivity index (χ1) is 10.2. The summed E-state index contributed by atoms with van der Waals surface area (Å²) in [4.78, 5) is 11.1. The lowest BCUT2D eigenvalue weighted by Crippen LogP contribution is -2.33. The monoisotopic (exact) mass is 292 g/mol. The lowest BCUT2D eigenvalue weighted by atomic mass is 10.1. The van der Waals surface area contributed by atoms with E-state index in [0.29, 0.717) is 12.5 Å². The second-order valence-electron chi connectivity index (χ2n) is 5.88. The van der Waals surface area contributed by atoms with E-state index < -0.39 is 0 Å². The van der Waals surface area contributed by atoms with Crippen LogP contribution in [0.5, 0.6) is 5.88 Å². The minimum atomic E-state index is 0.338. The molecule has 0 spiro atoms. The first kappa shape index (κ1) is 16.0. The van der Waals surface area contributed by atoms with Crippen LogP contribution < -0.4 is 10.1 Å². The Morgan fingerprint density at radius 3 is 2.67 bits per heavy atom. The molecule has 0 radical (unpaired) electrons. The summed E-state index contributed by atoms with van der Waals surface area (Å²) in [6.07, 6.45) is 5.58. The normalized spacial score (nSPS) is 16.2. The molecule has 1 N–H and O–H groups in total. The topological polar surface area (TPSA) is 50.3 Å². The summed E-state index contributed by atoms with van der Waals surface area (Å²) in [6.45, 7) is 11.3. The molecule has 0 aliphatic carbocycles. The highest BCUT2D eigenvalue weighted by Crippen LogP contribution is 2.29. The fourth-order valence-corrected chi connectivity index (χ4v) is 2.78. The Hall–Kier alpha value is -1.36. The molecule has 118 valence electrons.